The standard InChI is InChI=1S/C16H17F3OSi/c1-21(2,3)13-7-11-15(20,16(17,18)19)12-10-14-8-5-4-6-9-14/h4-6,8-9,20H,11H2,1-3H3/t15-/m1/s1. The van der Waals surface area contributed by atoms with Crippen molar-refractivity contribution in [2.75, 3.05) is 0 Å². The van der Waals surface area contributed by atoms with Gasteiger partial charge in [0.2, 0.25) is 5.60 Å². The van der Waals surface area contributed by atoms with Gasteiger partial charge in [0, 0.05) is 5.56 Å². The van der Waals surface area contributed by atoms with Crippen molar-refractivity contribution < 1.29 is 18.3 Å². The minimum Gasteiger partial charge on any atom is -0.369 e. The maximum atomic E-state index is 13.0. The van der Waals surface area contributed by atoms with Gasteiger partial charge in [-0.05, 0) is 12.1 Å². The quantitative estimate of drug-likeness (QED) is 0.621. The summed E-state index contributed by atoms with van der Waals surface area (Å²) in [6.45, 7) is 5.76. The van der Waals surface area contributed by atoms with E-state index in [1.54, 1.807) is 30.3 Å². The molecule has 0 amide bonds. The van der Waals surface area contributed by atoms with Crippen LogP contribution < -0.4 is 0 Å². The third kappa shape index (κ3) is 5.67. The van der Waals surface area contributed by atoms with Crippen LogP contribution in [0.15, 0.2) is 30.3 Å². The monoisotopic (exact) mass is 310 g/mol. The fraction of sp³-hybridized carbons (Fsp3) is 0.375. The van der Waals surface area contributed by atoms with E-state index in [0.717, 1.165) is 0 Å². The lowest BCUT2D eigenvalue weighted by Gasteiger charge is -2.23. The van der Waals surface area contributed by atoms with Crippen molar-refractivity contribution in [2.24, 2.45) is 0 Å². The molecule has 112 valence electrons. The van der Waals surface area contributed by atoms with Crippen molar-refractivity contribution in [2.45, 2.75) is 37.8 Å². The van der Waals surface area contributed by atoms with Gasteiger partial charge in [-0.25, -0.2) is 0 Å². The molecule has 0 heterocycles. The fourth-order valence-electron chi connectivity index (χ4n) is 1.35. The number of halogens is 3. The molecular formula is C16H17F3OSi. The van der Waals surface area contributed by atoms with E-state index in [2.05, 4.69) is 17.4 Å². The highest BCUT2D eigenvalue weighted by atomic mass is 28.3. The second-order valence-electron chi connectivity index (χ2n) is 5.70. The fourth-order valence-corrected chi connectivity index (χ4v) is 1.97. The molecule has 0 saturated carbocycles. The van der Waals surface area contributed by atoms with Gasteiger partial charge in [0.25, 0.3) is 0 Å². The number of rotatable bonds is 1. The molecule has 0 saturated heterocycles. The Morgan fingerprint density at radius 3 is 2.14 bits per heavy atom. The van der Waals surface area contributed by atoms with Crippen LogP contribution in [-0.2, 0) is 0 Å². The highest BCUT2D eigenvalue weighted by molar-refractivity contribution is 6.83. The molecule has 21 heavy (non-hydrogen) atoms. The molecule has 1 aromatic rings. The van der Waals surface area contributed by atoms with E-state index in [0.29, 0.717) is 5.56 Å². The van der Waals surface area contributed by atoms with E-state index < -0.39 is 26.3 Å². The van der Waals surface area contributed by atoms with Crippen LogP contribution in [-0.4, -0.2) is 25.0 Å². The van der Waals surface area contributed by atoms with Crippen molar-refractivity contribution in [3.05, 3.63) is 35.9 Å². The van der Waals surface area contributed by atoms with Gasteiger partial charge in [-0.1, -0.05) is 49.7 Å². The Bertz CT molecular complexity index is 594. The van der Waals surface area contributed by atoms with Crippen LogP contribution in [0.4, 0.5) is 13.2 Å². The maximum Gasteiger partial charge on any atom is 0.429 e. The normalized spacial score (nSPS) is 14.2. The van der Waals surface area contributed by atoms with E-state index in [1.165, 1.54) is 0 Å². The Labute approximate surface area is 124 Å². The summed E-state index contributed by atoms with van der Waals surface area (Å²) in [5.74, 6) is 6.74. The first-order valence-electron chi connectivity index (χ1n) is 6.41. The lowest BCUT2D eigenvalue weighted by atomic mass is 9.99. The predicted molar refractivity (Wildman–Crippen MR) is 80.1 cm³/mol. The third-order valence-electron chi connectivity index (χ3n) is 2.46. The first-order valence-corrected chi connectivity index (χ1v) is 9.91. The summed E-state index contributed by atoms with van der Waals surface area (Å²) in [6.07, 6.45) is -5.58. The zero-order chi connectivity index (χ0) is 16.1. The Morgan fingerprint density at radius 1 is 1.10 bits per heavy atom. The average molecular weight is 310 g/mol. The van der Waals surface area contributed by atoms with Gasteiger partial charge in [-0.2, -0.15) is 13.2 Å². The summed E-state index contributed by atoms with van der Waals surface area (Å²) in [4.78, 5) is 0. The predicted octanol–water partition coefficient (Wildman–Crippen LogP) is 3.60. The molecule has 0 bridgehead atoms. The van der Waals surface area contributed by atoms with Crippen LogP contribution in [0.3, 0.4) is 0 Å². The van der Waals surface area contributed by atoms with Gasteiger partial charge in [-0.15, -0.1) is 11.5 Å². The van der Waals surface area contributed by atoms with Gasteiger partial charge in [0.1, 0.15) is 8.07 Å². The first kappa shape index (κ1) is 17.4. The van der Waals surface area contributed by atoms with Crippen molar-refractivity contribution in [1.29, 1.82) is 0 Å². The molecular weight excluding hydrogens is 293 g/mol. The summed E-state index contributed by atoms with van der Waals surface area (Å²) in [6, 6.07) is 8.24. The molecule has 1 atom stereocenters. The van der Waals surface area contributed by atoms with Gasteiger partial charge in [0.15, 0.2) is 0 Å². The van der Waals surface area contributed by atoms with Crippen molar-refractivity contribution in [3.8, 4) is 23.3 Å². The summed E-state index contributed by atoms with van der Waals surface area (Å²) < 4.78 is 39.1. The number of benzene rings is 1. The van der Waals surface area contributed by atoms with E-state index in [9.17, 15) is 18.3 Å². The molecule has 0 aromatic heterocycles. The third-order valence-corrected chi connectivity index (χ3v) is 3.39. The highest BCUT2D eigenvalue weighted by Crippen LogP contribution is 2.32. The topological polar surface area (TPSA) is 20.2 Å². The summed E-state index contributed by atoms with van der Waals surface area (Å²) in [7, 11) is -1.79. The van der Waals surface area contributed by atoms with Crippen molar-refractivity contribution in [3.63, 3.8) is 0 Å². The van der Waals surface area contributed by atoms with E-state index >= 15 is 0 Å². The SMILES string of the molecule is C[Si](C)(C)C#CC[C@@](O)(C#Cc1ccccc1)C(F)(F)F. The van der Waals surface area contributed by atoms with Gasteiger partial charge in [-0.3, -0.25) is 0 Å². The molecule has 1 aromatic carbocycles. The molecule has 0 aliphatic rings. The summed E-state index contributed by atoms with van der Waals surface area (Å²) >= 11 is 0. The first-order chi connectivity index (χ1) is 9.54. The summed E-state index contributed by atoms with van der Waals surface area (Å²) in [5, 5.41) is 9.82. The molecule has 1 nitrogen and oxygen atoms in total. The molecule has 0 spiro atoms. The number of alkyl halides is 3. The zero-order valence-electron chi connectivity index (χ0n) is 12.2. The lowest BCUT2D eigenvalue weighted by molar-refractivity contribution is -0.233. The molecule has 0 unspecified atom stereocenters. The molecule has 1 N–H and O–H groups in total. The van der Waals surface area contributed by atoms with E-state index in [-0.39, 0.29) is 0 Å². The highest BCUT2D eigenvalue weighted by Gasteiger charge is 2.52. The van der Waals surface area contributed by atoms with Crippen LogP contribution >= 0.6 is 0 Å². The molecule has 1 rings (SSSR count). The number of aliphatic hydroxyl groups is 1. The molecule has 0 fully saturated rings. The number of hydrogen-bond donors (Lipinski definition) is 1. The largest absolute Gasteiger partial charge is 0.429 e. The van der Waals surface area contributed by atoms with E-state index in [1.807, 2.05) is 25.6 Å². The maximum absolute atomic E-state index is 13.0. The molecule has 0 aliphatic carbocycles. The Kier molecular flexibility index (Phi) is 5.28. The lowest BCUT2D eigenvalue weighted by Crippen LogP contribution is -2.43. The molecule has 5 heteroatoms. The van der Waals surface area contributed by atoms with Gasteiger partial charge >= 0.3 is 6.18 Å². The zero-order valence-corrected chi connectivity index (χ0v) is 13.2. The second kappa shape index (κ2) is 6.38. The Balaban J connectivity index is 3.06. The van der Waals surface area contributed by atoms with Gasteiger partial charge in [0.05, 0.1) is 6.42 Å². The Morgan fingerprint density at radius 2 is 1.67 bits per heavy atom. The van der Waals surface area contributed by atoms with Crippen LogP contribution in [0.5, 0.6) is 0 Å². The molecule has 0 aliphatic heterocycles. The molecule has 0 radical (unpaired) electrons. The van der Waals surface area contributed by atoms with Gasteiger partial charge < -0.3 is 5.11 Å². The van der Waals surface area contributed by atoms with Crippen molar-refractivity contribution >= 4 is 8.07 Å². The van der Waals surface area contributed by atoms with Crippen LogP contribution in [0.1, 0.15) is 12.0 Å². The smallest absolute Gasteiger partial charge is 0.369 e. The summed E-state index contributed by atoms with van der Waals surface area (Å²) in [5.41, 5.74) is 0.122. The minimum absolute atomic E-state index is 0.415. The van der Waals surface area contributed by atoms with Crippen LogP contribution in [0.25, 0.3) is 0 Å². The number of hydrogen-bond acceptors (Lipinski definition) is 1. The van der Waals surface area contributed by atoms with Crippen molar-refractivity contribution in [1.82, 2.24) is 0 Å². The van der Waals surface area contributed by atoms with Crippen LogP contribution in [0.2, 0.25) is 19.6 Å². The average Bonchev–Trinajstić information content (AvgIpc) is 2.35. The van der Waals surface area contributed by atoms with E-state index in [4.69, 9.17) is 0 Å². The van der Waals surface area contributed by atoms with Crippen LogP contribution in [0, 0.1) is 23.3 Å². The Hall–Kier alpha value is -1.69. The minimum atomic E-state index is -4.84. The second-order valence-corrected chi connectivity index (χ2v) is 10.5.